The number of ether oxygens (including phenoxy) is 3. The lowest BCUT2D eigenvalue weighted by molar-refractivity contribution is -0.158. The zero-order chi connectivity index (χ0) is 14.7. The molecule has 0 aliphatic carbocycles. The SMILES string of the molecule is CC(=O)N1CCOC[C@]2(C1)CN(C1CCOCC1)CCO2. The van der Waals surface area contributed by atoms with E-state index in [-0.39, 0.29) is 11.5 Å². The largest absolute Gasteiger partial charge is 0.381 e. The molecule has 6 nitrogen and oxygen atoms in total. The number of carbonyl (C=O) groups excluding carboxylic acids is 1. The van der Waals surface area contributed by atoms with Gasteiger partial charge in [0.15, 0.2) is 0 Å². The highest BCUT2D eigenvalue weighted by molar-refractivity contribution is 5.73. The summed E-state index contributed by atoms with van der Waals surface area (Å²) in [5, 5.41) is 0. The minimum atomic E-state index is -0.362. The van der Waals surface area contributed by atoms with Crippen molar-refractivity contribution in [2.45, 2.75) is 31.4 Å². The average Bonchev–Trinajstić information content (AvgIpc) is 2.71. The molecule has 1 spiro atoms. The minimum absolute atomic E-state index is 0.103. The number of hydrogen-bond acceptors (Lipinski definition) is 5. The van der Waals surface area contributed by atoms with Gasteiger partial charge in [0.2, 0.25) is 5.91 Å². The van der Waals surface area contributed by atoms with Gasteiger partial charge in [-0.1, -0.05) is 0 Å². The molecule has 0 unspecified atom stereocenters. The molecule has 21 heavy (non-hydrogen) atoms. The predicted octanol–water partition coefficient (Wildman–Crippen LogP) is 0.115. The summed E-state index contributed by atoms with van der Waals surface area (Å²) in [5.74, 6) is 0.103. The first-order valence-corrected chi connectivity index (χ1v) is 7.98. The lowest BCUT2D eigenvalue weighted by Gasteiger charge is -2.46. The Balaban J connectivity index is 1.68. The summed E-state index contributed by atoms with van der Waals surface area (Å²) < 4.78 is 17.3. The first-order chi connectivity index (χ1) is 10.2. The lowest BCUT2D eigenvalue weighted by atomic mass is 9.98. The third kappa shape index (κ3) is 3.56. The van der Waals surface area contributed by atoms with Crippen LogP contribution in [-0.2, 0) is 19.0 Å². The van der Waals surface area contributed by atoms with E-state index < -0.39 is 0 Å². The molecule has 1 atom stereocenters. The number of amides is 1. The van der Waals surface area contributed by atoms with E-state index in [0.29, 0.717) is 39.0 Å². The number of morpholine rings is 1. The molecule has 0 aromatic heterocycles. The lowest BCUT2D eigenvalue weighted by Crippen LogP contribution is -2.61. The third-order valence-corrected chi connectivity index (χ3v) is 4.78. The van der Waals surface area contributed by atoms with Crippen molar-refractivity contribution >= 4 is 5.91 Å². The Labute approximate surface area is 126 Å². The number of nitrogens with zero attached hydrogens (tertiary/aromatic N) is 2. The van der Waals surface area contributed by atoms with E-state index in [1.165, 1.54) is 0 Å². The van der Waals surface area contributed by atoms with Crippen molar-refractivity contribution in [1.29, 1.82) is 0 Å². The zero-order valence-electron chi connectivity index (χ0n) is 12.9. The summed E-state index contributed by atoms with van der Waals surface area (Å²) in [6.07, 6.45) is 2.18. The van der Waals surface area contributed by atoms with Gasteiger partial charge in [-0.15, -0.1) is 0 Å². The van der Waals surface area contributed by atoms with Crippen LogP contribution in [0.2, 0.25) is 0 Å². The fourth-order valence-corrected chi connectivity index (χ4v) is 3.59. The fraction of sp³-hybridized carbons (Fsp3) is 0.933. The maximum Gasteiger partial charge on any atom is 0.219 e. The van der Waals surface area contributed by atoms with Crippen LogP contribution in [0.3, 0.4) is 0 Å². The van der Waals surface area contributed by atoms with E-state index in [1.54, 1.807) is 6.92 Å². The molecule has 3 fully saturated rings. The highest BCUT2D eigenvalue weighted by atomic mass is 16.5. The van der Waals surface area contributed by atoms with Crippen LogP contribution in [0.15, 0.2) is 0 Å². The molecule has 3 rings (SSSR count). The monoisotopic (exact) mass is 298 g/mol. The summed E-state index contributed by atoms with van der Waals surface area (Å²) in [6, 6.07) is 0.577. The molecule has 0 bridgehead atoms. The van der Waals surface area contributed by atoms with Gasteiger partial charge in [0, 0.05) is 45.8 Å². The Bertz CT molecular complexity index is 373. The second-order valence-electron chi connectivity index (χ2n) is 6.34. The molecule has 3 heterocycles. The molecule has 0 aromatic rings. The number of rotatable bonds is 1. The first-order valence-electron chi connectivity index (χ1n) is 7.98. The van der Waals surface area contributed by atoms with Gasteiger partial charge in [-0.25, -0.2) is 0 Å². The molecular weight excluding hydrogens is 272 g/mol. The number of carbonyl (C=O) groups is 1. The molecule has 120 valence electrons. The van der Waals surface area contributed by atoms with Gasteiger partial charge in [-0.2, -0.15) is 0 Å². The molecule has 0 radical (unpaired) electrons. The minimum Gasteiger partial charge on any atom is -0.381 e. The normalized spacial score (nSPS) is 33.1. The van der Waals surface area contributed by atoms with Crippen LogP contribution < -0.4 is 0 Å². The molecular formula is C15H26N2O4. The van der Waals surface area contributed by atoms with Gasteiger partial charge in [-0.05, 0) is 12.8 Å². The van der Waals surface area contributed by atoms with Crippen LogP contribution in [0.5, 0.6) is 0 Å². The smallest absolute Gasteiger partial charge is 0.219 e. The Morgan fingerprint density at radius 1 is 1.05 bits per heavy atom. The van der Waals surface area contributed by atoms with Gasteiger partial charge in [-0.3, -0.25) is 9.69 Å². The van der Waals surface area contributed by atoms with Gasteiger partial charge >= 0.3 is 0 Å². The Morgan fingerprint density at radius 2 is 1.86 bits per heavy atom. The van der Waals surface area contributed by atoms with Gasteiger partial charge in [0.25, 0.3) is 0 Å². The second-order valence-corrected chi connectivity index (χ2v) is 6.34. The van der Waals surface area contributed by atoms with Gasteiger partial charge < -0.3 is 19.1 Å². The maximum atomic E-state index is 11.7. The molecule has 6 heteroatoms. The summed E-state index contributed by atoms with van der Waals surface area (Å²) in [7, 11) is 0. The molecule has 1 amide bonds. The Kier molecular flexibility index (Phi) is 4.78. The highest BCUT2D eigenvalue weighted by Gasteiger charge is 2.42. The third-order valence-electron chi connectivity index (χ3n) is 4.78. The van der Waals surface area contributed by atoms with Crippen molar-refractivity contribution < 1.29 is 19.0 Å². The topological polar surface area (TPSA) is 51.2 Å². The van der Waals surface area contributed by atoms with Crippen LogP contribution in [-0.4, -0.2) is 86.6 Å². The fourth-order valence-electron chi connectivity index (χ4n) is 3.59. The van der Waals surface area contributed by atoms with Crippen molar-refractivity contribution in [2.24, 2.45) is 0 Å². The standard InChI is InChI=1S/C15H26N2O4/c1-13(18)16-4-8-20-12-15(10-16)11-17(5-9-21-15)14-2-6-19-7-3-14/h14H,2-12H2,1H3/t15-/m0/s1. The molecule has 3 saturated heterocycles. The predicted molar refractivity (Wildman–Crippen MR) is 77.2 cm³/mol. The van der Waals surface area contributed by atoms with E-state index in [0.717, 1.165) is 39.1 Å². The summed E-state index contributed by atoms with van der Waals surface area (Å²) in [6.45, 7) is 8.34. The van der Waals surface area contributed by atoms with Crippen LogP contribution in [0.1, 0.15) is 19.8 Å². The Morgan fingerprint density at radius 3 is 2.62 bits per heavy atom. The summed E-state index contributed by atoms with van der Waals surface area (Å²) in [5.41, 5.74) is -0.362. The molecule has 0 aromatic carbocycles. The van der Waals surface area contributed by atoms with Crippen LogP contribution >= 0.6 is 0 Å². The molecule has 3 aliphatic rings. The van der Waals surface area contributed by atoms with Crippen molar-refractivity contribution in [1.82, 2.24) is 9.80 Å². The summed E-state index contributed by atoms with van der Waals surface area (Å²) >= 11 is 0. The quantitative estimate of drug-likeness (QED) is 0.688. The van der Waals surface area contributed by atoms with Gasteiger partial charge in [0.1, 0.15) is 5.60 Å². The second kappa shape index (κ2) is 6.60. The Hall–Kier alpha value is -0.690. The van der Waals surface area contributed by atoms with Crippen LogP contribution in [0.4, 0.5) is 0 Å². The van der Waals surface area contributed by atoms with E-state index in [4.69, 9.17) is 14.2 Å². The molecule has 0 N–H and O–H groups in total. The highest BCUT2D eigenvalue weighted by Crippen LogP contribution is 2.26. The summed E-state index contributed by atoms with van der Waals surface area (Å²) in [4.78, 5) is 16.1. The van der Waals surface area contributed by atoms with Crippen molar-refractivity contribution in [3.8, 4) is 0 Å². The van der Waals surface area contributed by atoms with Crippen molar-refractivity contribution in [2.75, 3.05) is 59.2 Å². The number of hydrogen-bond donors (Lipinski definition) is 0. The van der Waals surface area contributed by atoms with E-state index >= 15 is 0 Å². The average molecular weight is 298 g/mol. The molecule has 3 aliphatic heterocycles. The first kappa shape index (κ1) is 15.2. The van der Waals surface area contributed by atoms with E-state index in [1.807, 2.05) is 4.90 Å². The van der Waals surface area contributed by atoms with Gasteiger partial charge in [0.05, 0.1) is 26.4 Å². The molecule has 0 saturated carbocycles. The van der Waals surface area contributed by atoms with Crippen molar-refractivity contribution in [3.05, 3.63) is 0 Å². The van der Waals surface area contributed by atoms with E-state index in [2.05, 4.69) is 4.90 Å². The van der Waals surface area contributed by atoms with Crippen LogP contribution in [0, 0.1) is 0 Å². The van der Waals surface area contributed by atoms with Crippen molar-refractivity contribution in [3.63, 3.8) is 0 Å². The zero-order valence-corrected chi connectivity index (χ0v) is 12.9. The maximum absolute atomic E-state index is 11.7. The van der Waals surface area contributed by atoms with Crippen LogP contribution in [0.25, 0.3) is 0 Å². The van der Waals surface area contributed by atoms with E-state index in [9.17, 15) is 4.79 Å².